The van der Waals surface area contributed by atoms with Crippen molar-refractivity contribution < 1.29 is 4.74 Å². The van der Waals surface area contributed by atoms with E-state index in [0.717, 1.165) is 51.0 Å². The van der Waals surface area contributed by atoms with Crippen LogP contribution in [-0.2, 0) is 24.3 Å². The molecule has 0 saturated carbocycles. The van der Waals surface area contributed by atoms with Gasteiger partial charge in [-0.3, -0.25) is 4.79 Å². The van der Waals surface area contributed by atoms with Crippen molar-refractivity contribution in [3.63, 3.8) is 0 Å². The minimum absolute atomic E-state index is 0.0501. The third-order valence-electron chi connectivity index (χ3n) is 6.01. The lowest BCUT2D eigenvalue weighted by Gasteiger charge is -2.19. The van der Waals surface area contributed by atoms with Crippen molar-refractivity contribution in [3.8, 4) is 5.75 Å². The van der Waals surface area contributed by atoms with Crippen molar-refractivity contribution >= 4 is 22.7 Å². The van der Waals surface area contributed by atoms with Crippen LogP contribution in [0.3, 0.4) is 0 Å². The van der Waals surface area contributed by atoms with Crippen LogP contribution < -0.4 is 10.2 Å². The van der Waals surface area contributed by atoms with Gasteiger partial charge < -0.3 is 14.3 Å². The zero-order chi connectivity index (χ0) is 24.5. The van der Waals surface area contributed by atoms with E-state index in [1.54, 1.807) is 17.8 Å². The molecule has 178 valence electrons. The van der Waals surface area contributed by atoms with Gasteiger partial charge in [0.1, 0.15) is 12.4 Å². The fraction of sp³-hybridized carbons (Fsp3) is 0.370. The highest BCUT2D eigenvalue weighted by Crippen LogP contribution is 2.26. The van der Waals surface area contributed by atoms with E-state index < -0.39 is 0 Å². The predicted molar refractivity (Wildman–Crippen MR) is 139 cm³/mol. The highest BCUT2D eigenvalue weighted by molar-refractivity contribution is 7.98. The molecule has 34 heavy (non-hydrogen) atoms. The van der Waals surface area contributed by atoms with Crippen LogP contribution in [0.15, 0.2) is 52.4 Å². The van der Waals surface area contributed by atoms with Crippen molar-refractivity contribution in [2.24, 2.45) is 0 Å². The minimum Gasteiger partial charge on any atom is -0.486 e. The first-order valence-corrected chi connectivity index (χ1v) is 12.6. The summed E-state index contributed by atoms with van der Waals surface area (Å²) in [6.07, 6.45) is 0. The number of aryl methyl sites for hydroxylation is 2. The van der Waals surface area contributed by atoms with Crippen molar-refractivity contribution in [2.45, 2.75) is 71.0 Å². The van der Waals surface area contributed by atoms with E-state index >= 15 is 0 Å². The second-order valence-electron chi connectivity index (χ2n) is 9.60. The molecule has 4 aromatic rings. The van der Waals surface area contributed by atoms with E-state index in [0.29, 0.717) is 12.4 Å². The zero-order valence-electron chi connectivity index (χ0n) is 20.7. The number of H-pyrrole nitrogens is 1. The van der Waals surface area contributed by atoms with E-state index in [1.165, 1.54) is 5.56 Å². The lowest BCUT2D eigenvalue weighted by atomic mass is 9.87. The van der Waals surface area contributed by atoms with Crippen LogP contribution in [-0.4, -0.2) is 19.7 Å². The Hall–Kier alpha value is -3.06. The molecule has 0 aliphatic heterocycles. The summed E-state index contributed by atoms with van der Waals surface area (Å²) in [6.45, 7) is 13.7. The van der Waals surface area contributed by atoms with E-state index in [2.05, 4.69) is 59.6 Å². The lowest BCUT2D eigenvalue weighted by Crippen LogP contribution is -2.11. The van der Waals surface area contributed by atoms with E-state index in [1.807, 2.05) is 38.1 Å². The first-order chi connectivity index (χ1) is 16.2. The van der Waals surface area contributed by atoms with E-state index in [9.17, 15) is 4.79 Å². The number of thioether (sulfide) groups is 1. The van der Waals surface area contributed by atoms with E-state index in [-0.39, 0.29) is 10.8 Å². The normalized spacial score (nSPS) is 11.8. The first kappa shape index (κ1) is 24.1. The summed E-state index contributed by atoms with van der Waals surface area (Å²) in [7, 11) is 0. The summed E-state index contributed by atoms with van der Waals surface area (Å²) in [6, 6.07) is 13.9. The average molecular weight is 477 g/mol. The molecule has 0 amide bonds. The standard InChI is InChI=1S/C27H32N4O2S/c1-7-31-23(15-33-21-12-10-19(11-13-21)27(4,5)6)29-30-26(31)34-16-20-14-22(32)24-17(2)8-9-18(3)25(24)28-20/h8-14H,7,15-16H2,1-6H3,(H,28,32). The minimum atomic E-state index is 0.0501. The molecule has 0 fully saturated rings. The van der Waals surface area contributed by atoms with Crippen LogP contribution in [0.1, 0.15) is 55.9 Å². The molecule has 0 bridgehead atoms. The largest absolute Gasteiger partial charge is 0.486 e. The van der Waals surface area contributed by atoms with Crippen LogP contribution in [0.25, 0.3) is 10.9 Å². The zero-order valence-corrected chi connectivity index (χ0v) is 21.5. The Labute approximate surface area is 204 Å². The van der Waals surface area contributed by atoms with Crippen LogP contribution in [0.2, 0.25) is 0 Å². The summed E-state index contributed by atoms with van der Waals surface area (Å²) in [4.78, 5) is 16.2. The average Bonchev–Trinajstić information content (AvgIpc) is 3.20. The molecule has 0 spiro atoms. The lowest BCUT2D eigenvalue weighted by molar-refractivity contribution is 0.288. The van der Waals surface area contributed by atoms with Crippen molar-refractivity contribution in [2.75, 3.05) is 0 Å². The van der Waals surface area contributed by atoms with Crippen molar-refractivity contribution in [1.29, 1.82) is 0 Å². The number of aromatic amines is 1. The van der Waals surface area contributed by atoms with Crippen LogP contribution in [0.4, 0.5) is 0 Å². The maximum Gasteiger partial charge on any atom is 0.191 e. The van der Waals surface area contributed by atoms with Crippen LogP contribution in [0, 0.1) is 13.8 Å². The Balaban J connectivity index is 1.47. The molecule has 2 aromatic heterocycles. The van der Waals surface area contributed by atoms with Gasteiger partial charge in [0.05, 0.1) is 5.52 Å². The Bertz CT molecular complexity index is 1360. The van der Waals surface area contributed by atoms with Gasteiger partial charge in [-0.05, 0) is 55.0 Å². The van der Waals surface area contributed by atoms with Gasteiger partial charge in [-0.2, -0.15) is 0 Å². The predicted octanol–water partition coefficient (Wildman–Crippen LogP) is 5.93. The summed E-state index contributed by atoms with van der Waals surface area (Å²) >= 11 is 1.56. The fourth-order valence-electron chi connectivity index (χ4n) is 3.99. The second-order valence-corrected chi connectivity index (χ2v) is 10.5. The van der Waals surface area contributed by atoms with Crippen LogP contribution >= 0.6 is 11.8 Å². The second kappa shape index (κ2) is 9.66. The van der Waals surface area contributed by atoms with Crippen molar-refractivity contribution in [3.05, 3.63) is 80.9 Å². The summed E-state index contributed by atoms with van der Waals surface area (Å²) in [5.74, 6) is 2.20. The Morgan fingerprint density at radius 2 is 1.74 bits per heavy atom. The van der Waals surface area contributed by atoms with Gasteiger partial charge in [-0.1, -0.05) is 56.8 Å². The van der Waals surface area contributed by atoms with Gasteiger partial charge in [0.15, 0.2) is 16.4 Å². The quantitative estimate of drug-likeness (QED) is 0.335. The van der Waals surface area contributed by atoms with Gasteiger partial charge >= 0.3 is 0 Å². The third-order valence-corrected chi connectivity index (χ3v) is 7.03. The summed E-state index contributed by atoms with van der Waals surface area (Å²) < 4.78 is 8.04. The Kier molecular flexibility index (Phi) is 6.84. The van der Waals surface area contributed by atoms with Gasteiger partial charge in [0.2, 0.25) is 0 Å². The molecule has 0 radical (unpaired) electrons. The molecule has 0 aliphatic carbocycles. The number of aromatic nitrogens is 4. The number of fused-ring (bicyclic) bond motifs is 1. The topological polar surface area (TPSA) is 72.8 Å². The number of hydrogen-bond acceptors (Lipinski definition) is 5. The fourth-order valence-corrected chi connectivity index (χ4v) is 4.91. The van der Waals surface area contributed by atoms with Gasteiger partial charge in [0, 0.05) is 29.4 Å². The smallest absolute Gasteiger partial charge is 0.191 e. The monoisotopic (exact) mass is 476 g/mol. The highest BCUT2D eigenvalue weighted by Gasteiger charge is 2.15. The highest BCUT2D eigenvalue weighted by atomic mass is 32.2. The maximum atomic E-state index is 12.7. The molecule has 0 saturated heterocycles. The molecule has 1 N–H and O–H groups in total. The van der Waals surface area contributed by atoms with Gasteiger partial charge in [0.25, 0.3) is 0 Å². The number of benzene rings is 2. The van der Waals surface area contributed by atoms with Crippen molar-refractivity contribution in [1.82, 2.24) is 19.7 Å². The van der Waals surface area contributed by atoms with E-state index in [4.69, 9.17) is 4.74 Å². The molecule has 6 nitrogen and oxygen atoms in total. The Morgan fingerprint density at radius 3 is 2.41 bits per heavy atom. The molecule has 4 rings (SSSR count). The Morgan fingerprint density at radius 1 is 1.03 bits per heavy atom. The molecule has 0 atom stereocenters. The summed E-state index contributed by atoms with van der Waals surface area (Å²) in [5, 5.41) is 10.3. The number of rotatable bonds is 7. The molecule has 0 unspecified atom stereocenters. The SMILES string of the molecule is CCn1c(COc2ccc(C(C)(C)C)cc2)nnc1SCc1cc(=O)c2c(C)ccc(C)c2[nH]1. The van der Waals surface area contributed by atoms with Crippen LogP contribution in [0.5, 0.6) is 5.75 Å². The molecule has 0 aliphatic rings. The molecule has 2 aromatic carbocycles. The summed E-state index contributed by atoms with van der Waals surface area (Å²) in [5.41, 5.74) is 5.27. The number of nitrogens with zero attached hydrogens (tertiary/aromatic N) is 3. The molecular formula is C27H32N4O2S. The van der Waals surface area contributed by atoms with Gasteiger partial charge in [-0.15, -0.1) is 10.2 Å². The third kappa shape index (κ3) is 5.04. The molecule has 2 heterocycles. The first-order valence-electron chi connectivity index (χ1n) is 11.6. The number of ether oxygens (including phenoxy) is 1. The van der Waals surface area contributed by atoms with Gasteiger partial charge in [-0.25, -0.2) is 0 Å². The molecule has 7 heteroatoms. The number of hydrogen-bond donors (Lipinski definition) is 1. The maximum absolute atomic E-state index is 12.7. The molecular weight excluding hydrogens is 444 g/mol. The number of pyridine rings is 1. The number of nitrogens with one attached hydrogen (secondary N) is 1.